The van der Waals surface area contributed by atoms with Gasteiger partial charge in [0.25, 0.3) is 0 Å². The molecule has 0 aliphatic rings. The molecule has 0 aliphatic heterocycles. The molecule has 0 saturated carbocycles. The summed E-state index contributed by atoms with van der Waals surface area (Å²) >= 11 is 0. The van der Waals surface area contributed by atoms with Crippen LogP contribution in [0.15, 0.2) is 36.5 Å². The number of hydrogen-bond acceptors (Lipinski definition) is 3. The van der Waals surface area contributed by atoms with Gasteiger partial charge in [0, 0.05) is 17.4 Å². The average Bonchev–Trinajstić information content (AvgIpc) is 2.93. The van der Waals surface area contributed by atoms with E-state index in [1.807, 2.05) is 51.1 Å². The van der Waals surface area contributed by atoms with Crippen molar-refractivity contribution in [1.82, 2.24) is 15.5 Å². The highest BCUT2D eigenvalue weighted by atomic mass is 16.2. The number of amides is 1. The number of nitrogens with one attached hydrogen (secondary N) is 3. The van der Waals surface area contributed by atoms with Gasteiger partial charge in [-0.2, -0.15) is 5.10 Å². The molecule has 0 saturated heterocycles. The first-order valence-electron chi connectivity index (χ1n) is 6.69. The second kappa shape index (κ2) is 5.88. The van der Waals surface area contributed by atoms with E-state index < -0.39 is 5.54 Å². The number of anilines is 1. The number of rotatable bonds is 5. The van der Waals surface area contributed by atoms with E-state index in [1.54, 1.807) is 6.20 Å². The predicted molar refractivity (Wildman–Crippen MR) is 80.4 cm³/mol. The number of benzene rings is 1. The van der Waals surface area contributed by atoms with E-state index in [9.17, 15) is 4.79 Å². The molecule has 0 aliphatic carbocycles. The maximum atomic E-state index is 12.2. The monoisotopic (exact) mass is 272 g/mol. The number of carbonyl (C=O) groups is 1. The second-order valence-electron chi connectivity index (χ2n) is 5.16. The summed E-state index contributed by atoms with van der Waals surface area (Å²) in [5.41, 5.74) is 2.08. The number of H-pyrrole nitrogens is 1. The van der Waals surface area contributed by atoms with Crippen molar-refractivity contribution in [2.24, 2.45) is 0 Å². The fourth-order valence-electron chi connectivity index (χ4n) is 1.99. The molecule has 1 amide bonds. The lowest BCUT2D eigenvalue weighted by atomic mass is 10.0. The van der Waals surface area contributed by atoms with Gasteiger partial charge in [-0.15, -0.1) is 0 Å². The summed E-state index contributed by atoms with van der Waals surface area (Å²) in [5, 5.41) is 12.9. The number of carbonyl (C=O) groups excluding carboxylic acids is 1. The number of aromatic amines is 1. The summed E-state index contributed by atoms with van der Waals surface area (Å²) in [7, 11) is 0. The Morgan fingerprint density at radius 3 is 2.80 bits per heavy atom. The molecule has 1 aromatic heterocycles. The van der Waals surface area contributed by atoms with E-state index in [-0.39, 0.29) is 5.91 Å². The average molecular weight is 272 g/mol. The molecule has 0 atom stereocenters. The molecule has 1 aromatic carbocycles. The normalized spacial score (nSPS) is 11.3. The summed E-state index contributed by atoms with van der Waals surface area (Å²) < 4.78 is 0. The Hall–Kier alpha value is -2.14. The Kier molecular flexibility index (Phi) is 4.20. The molecule has 3 N–H and O–H groups in total. The first kappa shape index (κ1) is 14.3. The molecular weight excluding hydrogens is 252 g/mol. The molecule has 0 unspecified atom stereocenters. The van der Waals surface area contributed by atoms with Crippen LogP contribution in [0, 0.1) is 0 Å². The van der Waals surface area contributed by atoms with Crippen molar-refractivity contribution >= 4 is 11.6 Å². The van der Waals surface area contributed by atoms with Crippen LogP contribution in [0.25, 0.3) is 11.3 Å². The van der Waals surface area contributed by atoms with Crippen LogP contribution in [0.5, 0.6) is 0 Å². The smallest absolute Gasteiger partial charge is 0.244 e. The van der Waals surface area contributed by atoms with Gasteiger partial charge in [0.2, 0.25) is 5.91 Å². The Labute approximate surface area is 118 Å². The lowest BCUT2D eigenvalue weighted by molar-refractivity contribution is -0.121. The lowest BCUT2D eigenvalue weighted by Gasteiger charge is -2.24. The molecule has 106 valence electrons. The topological polar surface area (TPSA) is 69.8 Å². The van der Waals surface area contributed by atoms with Gasteiger partial charge in [-0.25, -0.2) is 0 Å². The first-order chi connectivity index (χ1) is 9.53. The Bertz CT molecular complexity index is 575. The number of hydrogen-bond donors (Lipinski definition) is 3. The van der Waals surface area contributed by atoms with E-state index in [1.165, 1.54) is 0 Å². The van der Waals surface area contributed by atoms with Crippen LogP contribution in [-0.2, 0) is 4.79 Å². The summed E-state index contributed by atoms with van der Waals surface area (Å²) in [6.45, 7) is 6.46. The van der Waals surface area contributed by atoms with Gasteiger partial charge in [0.1, 0.15) is 0 Å². The third-order valence-corrected chi connectivity index (χ3v) is 3.12. The largest absolute Gasteiger partial charge is 0.324 e. The number of nitrogens with zero attached hydrogens (tertiary/aromatic N) is 1. The third kappa shape index (κ3) is 3.24. The standard InChI is InChI=1S/C15H20N4O/c1-4-16-15(2,3)14(20)18-12-7-5-6-11(10-12)13-8-9-17-19-13/h5-10,16H,4H2,1-3H3,(H,17,19)(H,18,20). The Morgan fingerprint density at radius 1 is 1.35 bits per heavy atom. The zero-order chi connectivity index (χ0) is 14.6. The van der Waals surface area contributed by atoms with E-state index in [2.05, 4.69) is 20.8 Å². The molecule has 1 heterocycles. The van der Waals surface area contributed by atoms with Gasteiger partial charge >= 0.3 is 0 Å². The van der Waals surface area contributed by atoms with E-state index >= 15 is 0 Å². The number of likely N-dealkylation sites (N-methyl/N-ethyl adjacent to an activating group) is 1. The first-order valence-corrected chi connectivity index (χ1v) is 6.69. The van der Waals surface area contributed by atoms with Gasteiger partial charge in [0.05, 0.1) is 11.2 Å². The highest BCUT2D eigenvalue weighted by Gasteiger charge is 2.26. The maximum Gasteiger partial charge on any atom is 0.244 e. The number of aromatic nitrogens is 2. The van der Waals surface area contributed by atoms with Gasteiger partial charge < -0.3 is 10.6 Å². The highest BCUT2D eigenvalue weighted by molar-refractivity contribution is 5.97. The van der Waals surface area contributed by atoms with Crippen molar-refractivity contribution in [3.8, 4) is 11.3 Å². The molecule has 0 fully saturated rings. The zero-order valence-electron chi connectivity index (χ0n) is 12.0. The van der Waals surface area contributed by atoms with Crippen molar-refractivity contribution in [1.29, 1.82) is 0 Å². The van der Waals surface area contributed by atoms with Crippen molar-refractivity contribution in [2.45, 2.75) is 26.3 Å². The van der Waals surface area contributed by atoms with E-state index in [0.29, 0.717) is 0 Å². The fourth-order valence-corrected chi connectivity index (χ4v) is 1.99. The molecule has 20 heavy (non-hydrogen) atoms. The molecule has 2 aromatic rings. The summed E-state index contributed by atoms with van der Waals surface area (Å²) in [4.78, 5) is 12.2. The van der Waals surface area contributed by atoms with Crippen molar-refractivity contribution in [3.63, 3.8) is 0 Å². The van der Waals surface area contributed by atoms with E-state index in [0.717, 1.165) is 23.5 Å². The quantitative estimate of drug-likeness (QED) is 0.782. The van der Waals surface area contributed by atoms with Crippen LogP contribution in [0.1, 0.15) is 20.8 Å². The van der Waals surface area contributed by atoms with Crippen LogP contribution in [0.4, 0.5) is 5.69 Å². The minimum atomic E-state index is -0.598. The minimum Gasteiger partial charge on any atom is -0.324 e. The second-order valence-corrected chi connectivity index (χ2v) is 5.16. The van der Waals surface area contributed by atoms with Gasteiger partial charge in [-0.05, 0) is 38.6 Å². The van der Waals surface area contributed by atoms with Crippen LogP contribution in [0.3, 0.4) is 0 Å². The molecule has 5 nitrogen and oxygen atoms in total. The maximum absolute atomic E-state index is 12.2. The molecular formula is C15H20N4O. The van der Waals surface area contributed by atoms with Crippen molar-refractivity contribution in [2.75, 3.05) is 11.9 Å². The van der Waals surface area contributed by atoms with Crippen LogP contribution in [0.2, 0.25) is 0 Å². The van der Waals surface area contributed by atoms with Gasteiger partial charge in [0.15, 0.2) is 0 Å². The summed E-state index contributed by atoms with van der Waals surface area (Å²) in [6, 6.07) is 9.57. The zero-order valence-corrected chi connectivity index (χ0v) is 12.0. The van der Waals surface area contributed by atoms with Crippen LogP contribution >= 0.6 is 0 Å². The Balaban J connectivity index is 2.14. The molecule has 5 heteroatoms. The summed E-state index contributed by atoms with van der Waals surface area (Å²) in [5.74, 6) is -0.0545. The van der Waals surface area contributed by atoms with Crippen molar-refractivity contribution < 1.29 is 4.79 Å². The van der Waals surface area contributed by atoms with Gasteiger partial charge in [-0.3, -0.25) is 9.89 Å². The molecule has 2 rings (SSSR count). The fraction of sp³-hybridized carbons (Fsp3) is 0.333. The highest BCUT2D eigenvalue weighted by Crippen LogP contribution is 2.21. The molecule has 0 radical (unpaired) electrons. The SMILES string of the molecule is CCNC(C)(C)C(=O)Nc1cccc(-c2ccn[nH]2)c1. The molecule has 0 bridgehead atoms. The predicted octanol–water partition coefficient (Wildman–Crippen LogP) is 2.40. The minimum absolute atomic E-state index is 0.0545. The lowest BCUT2D eigenvalue weighted by Crippen LogP contribution is -2.49. The van der Waals surface area contributed by atoms with Gasteiger partial charge in [-0.1, -0.05) is 19.1 Å². The molecule has 0 spiro atoms. The van der Waals surface area contributed by atoms with Crippen LogP contribution < -0.4 is 10.6 Å². The van der Waals surface area contributed by atoms with Crippen molar-refractivity contribution in [3.05, 3.63) is 36.5 Å². The Morgan fingerprint density at radius 2 is 2.15 bits per heavy atom. The third-order valence-electron chi connectivity index (χ3n) is 3.12. The van der Waals surface area contributed by atoms with E-state index in [4.69, 9.17) is 0 Å². The van der Waals surface area contributed by atoms with Crippen LogP contribution in [-0.4, -0.2) is 28.2 Å². The summed E-state index contributed by atoms with van der Waals surface area (Å²) in [6.07, 6.45) is 1.70.